The lowest BCUT2D eigenvalue weighted by Crippen LogP contribution is -1.97. The van der Waals surface area contributed by atoms with Crippen LogP contribution in [0.5, 0.6) is 0 Å². The molecule has 0 radical (unpaired) electrons. The standard InChI is InChI=1S/C8H7BrO3/c9-7-2-5(4-10)1-6(3-7)8(11)12/h1-3,10H,4H2,(H,11,12). The van der Waals surface area contributed by atoms with E-state index in [2.05, 4.69) is 15.9 Å². The predicted molar refractivity (Wildman–Crippen MR) is 47.0 cm³/mol. The highest BCUT2D eigenvalue weighted by molar-refractivity contribution is 9.10. The zero-order valence-electron chi connectivity index (χ0n) is 6.12. The molecule has 64 valence electrons. The molecule has 0 aliphatic heterocycles. The van der Waals surface area contributed by atoms with E-state index < -0.39 is 5.97 Å². The first-order valence-electron chi connectivity index (χ1n) is 3.27. The van der Waals surface area contributed by atoms with Gasteiger partial charge in [0.05, 0.1) is 12.2 Å². The van der Waals surface area contributed by atoms with Crippen molar-refractivity contribution < 1.29 is 15.0 Å². The molecule has 0 saturated carbocycles. The summed E-state index contributed by atoms with van der Waals surface area (Å²) >= 11 is 3.15. The van der Waals surface area contributed by atoms with Gasteiger partial charge in [0.1, 0.15) is 0 Å². The Labute approximate surface area is 77.8 Å². The Hall–Kier alpha value is -0.870. The fourth-order valence-corrected chi connectivity index (χ4v) is 1.41. The van der Waals surface area contributed by atoms with Crippen molar-refractivity contribution in [2.45, 2.75) is 6.61 Å². The van der Waals surface area contributed by atoms with Gasteiger partial charge in [0, 0.05) is 4.47 Å². The van der Waals surface area contributed by atoms with E-state index in [4.69, 9.17) is 10.2 Å². The maximum atomic E-state index is 10.5. The number of aliphatic hydroxyl groups is 1. The quantitative estimate of drug-likeness (QED) is 0.813. The van der Waals surface area contributed by atoms with Crippen LogP contribution in [0, 0.1) is 0 Å². The minimum absolute atomic E-state index is 0.153. The molecule has 0 aliphatic carbocycles. The number of hydrogen-bond donors (Lipinski definition) is 2. The van der Waals surface area contributed by atoms with Crippen LogP contribution in [0.15, 0.2) is 22.7 Å². The summed E-state index contributed by atoms with van der Waals surface area (Å²) in [6.07, 6.45) is 0. The van der Waals surface area contributed by atoms with Gasteiger partial charge in [-0.1, -0.05) is 15.9 Å². The summed E-state index contributed by atoms with van der Waals surface area (Å²) in [7, 11) is 0. The van der Waals surface area contributed by atoms with Gasteiger partial charge < -0.3 is 10.2 Å². The van der Waals surface area contributed by atoms with Crippen LogP contribution in [-0.2, 0) is 6.61 Å². The van der Waals surface area contributed by atoms with Crippen molar-refractivity contribution in [1.82, 2.24) is 0 Å². The zero-order valence-corrected chi connectivity index (χ0v) is 7.71. The van der Waals surface area contributed by atoms with Crippen molar-refractivity contribution in [3.05, 3.63) is 33.8 Å². The van der Waals surface area contributed by atoms with Crippen LogP contribution >= 0.6 is 15.9 Å². The second-order valence-corrected chi connectivity index (χ2v) is 3.23. The highest BCUT2D eigenvalue weighted by atomic mass is 79.9. The molecule has 3 nitrogen and oxygen atoms in total. The van der Waals surface area contributed by atoms with Crippen LogP contribution in [-0.4, -0.2) is 16.2 Å². The third-order valence-electron chi connectivity index (χ3n) is 1.39. The fraction of sp³-hybridized carbons (Fsp3) is 0.125. The number of halogens is 1. The number of carboxylic acids is 1. The molecule has 0 atom stereocenters. The van der Waals surface area contributed by atoms with Crippen LogP contribution in [0.3, 0.4) is 0 Å². The molecule has 0 aromatic heterocycles. The molecule has 2 N–H and O–H groups in total. The number of carboxylic acid groups (broad SMARTS) is 1. The Morgan fingerprint density at radius 3 is 2.58 bits per heavy atom. The Bertz CT molecular complexity index is 309. The van der Waals surface area contributed by atoms with Crippen molar-refractivity contribution in [2.75, 3.05) is 0 Å². The number of hydrogen-bond acceptors (Lipinski definition) is 2. The second kappa shape index (κ2) is 3.69. The van der Waals surface area contributed by atoms with Crippen LogP contribution in [0.25, 0.3) is 0 Å². The highest BCUT2D eigenvalue weighted by Crippen LogP contribution is 2.15. The van der Waals surface area contributed by atoms with Crippen molar-refractivity contribution in [3.63, 3.8) is 0 Å². The van der Waals surface area contributed by atoms with Gasteiger partial charge in [0.25, 0.3) is 0 Å². The van der Waals surface area contributed by atoms with Crippen molar-refractivity contribution in [2.24, 2.45) is 0 Å². The normalized spacial score (nSPS) is 9.83. The molecule has 4 heteroatoms. The Kier molecular flexibility index (Phi) is 2.83. The van der Waals surface area contributed by atoms with Gasteiger partial charge in [0.2, 0.25) is 0 Å². The van der Waals surface area contributed by atoms with E-state index in [1.165, 1.54) is 12.1 Å². The molecular formula is C8H7BrO3. The Morgan fingerprint density at radius 2 is 2.08 bits per heavy atom. The summed E-state index contributed by atoms with van der Waals surface area (Å²) in [5.74, 6) is -0.994. The molecule has 1 aromatic rings. The van der Waals surface area contributed by atoms with Gasteiger partial charge >= 0.3 is 5.97 Å². The molecule has 0 heterocycles. The molecule has 1 aromatic carbocycles. The van der Waals surface area contributed by atoms with Crippen LogP contribution in [0.1, 0.15) is 15.9 Å². The smallest absolute Gasteiger partial charge is 0.335 e. The lowest BCUT2D eigenvalue weighted by molar-refractivity contribution is 0.0696. The second-order valence-electron chi connectivity index (χ2n) is 2.31. The van der Waals surface area contributed by atoms with E-state index in [-0.39, 0.29) is 12.2 Å². The highest BCUT2D eigenvalue weighted by Gasteiger charge is 2.04. The molecule has 0 unspecified atom stereocenters. The van der Waals surface area contributed by atoms with E-state index >= 15 is 0 Å². The maximum Gasteiger partial charge on any atom is 0.335 e. The van der Waals surface area contributed by atoms with E-state index in [1.807, 2.05) is 0 Å². The first kappa shape index (κ1) is 9.22. The molecule has 0 aliphatic rings. The zero-order chi connectivity index (χ0) is 9.14. The lowest BCUT2D eigenvalue weighted by Gasteiger charge is -1.99. The molecule has 0 fully saturated rings. The van der Waals surface area contributed by atoms with E-state index in [1.54, 1.807) is 6.07 Å². The Morgan fingerprint density at radius 1 is 1.42 bits per heavy atom. The summed E-state index contributed by atoms with van der Waals surface area (Å²) in [6, 6.07) is 4.60. The molecule has 0 spiro atoms. The van der Waals surface area contributed by atoms with E-state index in [0.29, 0.717) is 10.0 Å². The third-order valence-corrected chi connectivity index (χ3v) is 1.84. The van der Waals surface area contributed by atoms with Gasteiger partial charge in [0.15, 0.2) is 0 Å². The van der Waals surface area contributed by atoms with Gasteiger partial charge in [-0.05, 0) is 23.8 Å². The molecule has 0 saturated heterocycles. The van der Waals surface area contributed by atoms with E-state index in [9.17, 15) is 4.79 Å². The Balaban J connectivity index is 3.15. The lowest BCUT2D eigenvalue weighted by atomic mass is 10.1. The summed E-state index contributed by atoms with van der Waals surface area (Å²) < 4.78 is 0.659. The summed E-state index contributed by atoms with van der Waals surface area (Å²) in [5, 5.41) is 17.4. The summed E-state index contributed by atoms with van der Waals surface area (Å²) in [6.45, 7) is -0.153. The number of aliphatic hydroxyl groups excluding tert-OH is 1. The van der Waals surface area contributed by atoms with Gasteiger partial charge in [-0.15, -0.1) is 0 Å². The SMILES string of the molecule is O=C(O)c1cc(Br)cc(CO)c1. The predicted octanol–water partition coefficient (Wildman–Crippen LogP) is 1.64. The summed E-state index contributed by atoms with van der Waals surface area (Å²) in [4.78, 5) is 10.5. The average Bonchev–Trinajstić information content (AvgIpc) is 2.03. The van der Waals surface area contributed by atoms with Crippen molar-refractivity contribution >= 4 is 21.9 Å². The third kappa shape index (κ3) is 2.06. The van der Waals surface area contributed by atoms with Crippen molar-refractivity contribution in [3.8, 4) is 0 Å². The van der Waals surface area contributed by atoms with Crippen LogP contribution in [0.2, 0.25) is 0 Å². The minimum Gasteiger partial charge on any atom is -0.478 e. The molecule has 0 amide bonds. The van der Waals surface area contributed by atoms with Crippen LogP contribution < -0.4 is 0 Å². The van der Waals surface area contributed by atoms with Crippen LogP contribution in [0.4, 0.5) is 0 Å². The maximum absolute atomic E-state index is 10.5. The average molecular weight is 231 g/mol. The molecular weight excluding hydrogens is 224 g/mol. The van der Waals surface area contributed by atoms with E-state index in [0.717, 1.165) is 0 Å². The van der Waals surface area contributed by atoms with Gasteiger partial charge in [-0.25, -0.2) is 4.79 Å². The number of aromatic carboxylic acids is 1. The number of rotatable bonds is 2. The summed E-state index contributed by atoms with van der Waals surface area (Å²) in [5.41, 5.74) is 0.759. The van der Waals surface area contributed by atoms with Gasteiger partial charge in [-0.2, -0.15) is 0 Å². The fourth-order valence-electron chi connectivity index (χ4n) is 0.865. The monoisotopic (exact) mass is 230 g/mol. The van der Waals surface area contributed by atoms with Gasteiger partial charge in [-0.3, -0.25) is 0 Å². The molecule has 1 rings (SSSR count). The first-order valence-corrected chi connectivity index (χ1v) is 4.06. The first-order chi connectivity index (χ1) is 5.63. The minimum atomic E-state index is -0.994. The number of benzene rings is 1. The number of carbonyl (C=O) groups is 1. The van der Waals surface area contributed by atoms with Crippen molar-refractivity contribution in [1.29, 1.82) is 0 Å². The topological polar surface area (TPSA) is 57.5 Å². The molecule has 0 bridgehead atoms. The largest absolute Gasteiger partial charge is 0.478 e. The molecule has 12 heavy (non-hydrogen) atoms.